The largest absolute Gasteiger partial charge is 0.477 e. The minimum absolute atomic E-state index is 0.197. The highest BCUT2D eigenvalue weighted by Gasteiger charge is 2.21. The number of fused-ring (bicyclic) bond motifs is 1. The number of nitrogens with zero attached hydrogens (tertiary/aromatic N) is 3. The van der Waals surface area contributed by atoms with E-state index in [1.165, 1.54) is 6.07 Å². The van der Waals surface area contributed by atoms with Gasteiger partial charge in [-0.05, 0) is 19.2 Å². The number of thiophene rings is 1. The number of benzene rings is 1. The van der Waals surface area contributed by atoms with Crippen molar-refractivity contribution in [1.82, 2.24) is 14.7 Å². The van der Waals surface area contributed by atoms with Gasteiger partial charge in [-0.15, -0.1) is 11.3 Å². The van der Waals surface area contributed by atoms with Crippen molar-refractivity contribution >= 4 is 27.4 Å². The number of hydrogen-bond acceptors (Lipinski definition) is 4. The van der Waals surface area contributed by atoms with E-state index in [1.807, 2.05) is 25.2 Å². The van der Waals surface area contributed by atoms with E-state index in [0.29, 0.717) is 28.7 Å². The zero-order valence-corrected chi connectivity index (χ0v) is 13.6. The molecule has 0 fully saturated rings. The SMILES string of the molecule is CN(Cc1cnn(C)c1)Cc1c(C(=O)O)sc2cccc(F)c12. The van der Waals surface area contributed by atoms with Crippen molar-refractivity contribution in [3.8, 4) is 0 Å². The van der Waals surface area contributed by atoms with Gasteiger partial charge in [0.25, 0.3) is 0 Å². The summed E-state index contributed by atoms with van der Waals surface area (Å²) in [6, 6.07) is 4.72. The number of aromatic nitrogens is 2. The van der Waals surface area contributed by atoms with Crippen molar-refractivity contribution in [2.75, 3.05) is 7.05 Å². The summed E-state index contributed by atoms with van der Waals surface area (Å²) in [6.07, 6.45) is 3.67. The number of hydrogen-bond donors (Lipinski definition) is 1. The molecule has 3 rings (SSSR count). The van der Waals surface area contributed by atoms with Crippen molar-refractivity contribution in [3.63, 3.8) is 0 Å². The fourth-order valence-electron chi connectivity index (χ4n) is 2.68. The fraction of sp³-hybridized carbons (Fsp3) is 0.250. The molecule has 0 spiro atoms. The molecule has 5 nitrogen and oxygen atoms in total. The Morgan fingerprint density at radius 2 is 2.22 bits per heavy atom. The minimum atomic E-state index is -1.02. The number of aromatic carboxylic acids is 1. The van der Waals surface area contributed by atoms with Crippen molar-refractivity contribution in [2.45, 2.75) is 13.1 Å². The number of carboxylic acid groups (broad SMARTS) is 1. The highest BCUT2D eigenvalue weighted by Crippen LogP contribution is 2.34. The van der Waals surface area contributed by atoms with Crippen LogP contribution in [0.15, 0.2) is 30.6 Å². The van der Waals surface area contributed by atoms with Crippen LogP contribution in [-0.2, 0) is 20.1 Å². The Balaban J connectivity index is 1.94. The van der Waals surface area contributed by atoms with Crippen molar-refractivity contribution in [1.29, 1.82) is 0 Å². The smallest absolute Gasteiger partial charge is 0.346 e. The first-order valence-electron chi connectivity index (χ1n) is 7.05. The van der Waals surface area contributed by atoms with Crippen LogP contribution in [0.1, 0.15) is 20.8 Å². The molecule has 0 saturated heterocycles. The third-order valence-corrected chi connectivity index (χ3v) is 4.78. The van der Waals surface area contributed by atoms with Crippen LogP contribution in [0.2, 0.25) is 0 Å². The molecule has 1 aromatic carbocycles. The molecule has 0 amide bonds. The van der Waals surface area contributed by atoms with E-state index in [0.717, 1.165) is 16.9 Å². The van der Waals surface area contributed by atoms with Gasteiger partial charge in [-0.1, -0.05) is 6.07 Å². The third-order valence-electron chi connectivity index (χ3n) is 3.60. The van der Waals surface area contributed by atoms with Crippen molar-refractivity contribution in [3.05, 3.63) is 52.4 Å². The molecular weight excluding hydrogens is 317 g/mol. The zero-order chi connectivity index (χ0) is 16.6. The summed E-state index contributed by atoms with van der Waals surface area (Å²) in [5.41, 5.74) is 1.55. The van der Waals surface area contributed by atoms with Crippen LogP contribution >= 0.6 is 11.3 Å². The molecule has 2 aromatic heterocycles. The maximum absolute atomic E-state index is 14.2. The Labute approximate surface area is 136 Å². The molecule has 0 aliphatic carbocycles. The molecule has 7 heteroatoms. The van der Waals surface area contributed by atoms with Crippen molar-refractivity contribution < 1.29 is 14.3 Å². The first-order valence-corrected chi connectivity index (χ1v) is 7.86. The van der Waals surface area contributed by atoms with E-state index < -0.39 is 5.97 Å². The lowest BCUT2D eigenvalue weighted by Crippen LogP contribution is -2.18. The summed E-state index contributed by atoms with van der Waals surface area (Å²) in [6.45, 7) is 0.968. The van der Waals surface area contributed by atoms with Gasteiger partial charge < -0.3 is 5.11 Å². The highest BCUT2D eigenvalue weighted by molar-refractivity contribution is 7.21. The molecule has 120 valence electrons. The number of aryl methyl sites for hydroxylation is 1. The van der Waals surface area contributed by atoms with Gasteiger partial charge >= 0.3 is 5.97 Å². The van der Waals surface area contributed by atoms with E-state index in [-0.39, 0.29) is 10.7 Å². The average Bonchev–Trinajstić information content (AvgIpc) is 3.04. The third kappa shape index (κ3) is 3.11. The van der Waals surface area contributed by atoms with E-state index >= 15 is 0 Å². The molecule has 0 unspecified atom stereocenters. The topological polar surface area (TPSA) is 58.4 Å². The molecule has 0 bridgehead atoms. The van der Waals surface area contributed by atoms with Crippen LogP contribution in [0.25, 0.3) is 10.1 Å². The molecule has 23 heavy (non-hydrogen) atoms. The molecule has 0 atom stereocenters. The standard InChI is InChI=1S/C16H16FN3O2S/c1-19(7-10-6-18-20(2)8-10)9-11-14-12(17)4-3-5-13(14)23-15(11)16(21)22/h3-6,8H,7,9H2,1-2H3,(H,21,22). The van der Waals surface area contributed by atoms with Crippen LogP contribution in [-0.4, -0.2) is 32.8 Å². The number of carboxylic acids is 1. The Morgan fingerprint density at radius 3 is 2.87 bits per heavy atom. The minimum Gasteiger partial charge on any atom is -0.477 e. The van der Waals surface area contributed by atoms with E-state index in [9.17, 15) is 14.3 Å². The number of halogens is 1. The predicted molar refractivity (Wildman–Crippen MR) is 87.1 cm³/mol. The highest BCUT2D eigenvalue weighted by atomic mass is 32.1. The van der Waals surface area contributed by atoms with Crippen LogP contribution in [0.5, 0.6) is 0 Å². The van der Waals surface area contributed by atoms with Gasteiger partial charge in [0.2, 0.25) is 0 Å². The average molecular weight is 333 g/mol. The summed E-state index contributed by atoms with van der Waals surface area (Å²) < 4.78 is 16.6. The summed E-state index contributed by atoms with van der Waals surface area (Å²) in [4.78, 5) is 13.7. The van der Waals surface area contributed by atoms with Gasteiger partial charge in [0.15, 0.2) is 0 Å². The van der Waals surface area contributed by atoms with Crippen LogP contribution in [0.3, 0.4) is 0 Å². The lowest BCUT2D eigenvalue weighted by atomic mass is 10.1. The van der Waals surface area contributed by atoms with Gasteiger partial charge in [0.05, 0.1) is 6.20 Å². The van der Waals surface area contributed by atoms with Crippen LogP contribution in [0.4, 0.5) is 4.39 Å². The summed E-state index contributed by atoms with van der Waals surface area (Å²) in [5, 5.41) is 13.9. The summed E-state index contributed by atoms with van der Waals surface area (Å²) in [7, 11) is 3.72. The first-order chi connectivity index (χ1) is 11.0. The monoisotopic (exact) mass is 333 g/mol. The van der Waals surface area contributed by atoms with E-state index in [4.69, 9.17) is 0 Å². The zero-order valence-electron chi connectivity index (χ0n) is 12.8. The van der Waals surface area contributed by atoms with E-state index in [1.54, 1.807) is 23.0 Å². The lowest BCUT2D eigenvalue weighted by Gasteiger charge is -2.16. The maximum Gasteiger partial charge on any atom is 0.346 e. The van der Waals surface area contributed by atoms with Gasteiger partial charge in [-0.25, -0.2) is 9.18 Å². The maximum atomic E-state index is 14.2. The van der Waals surface area contributed by atoms with Crippen molar-refractivity contribution in [2.24, 2.45) is 7.05 Å². The second kappa shape index (κ2) is 6.10. The molecular formula is C16H16FN3O2S. The fourth-order valence-corrected chi connectivity index (χ4v) is 3.75. The molecule has 0 aliphatic rings. The molecule has 0 saturated carbocycles. The summed E-state index contributed by atoms with van der Waals surface area (Å²) in [5.74, 6) is -1.40. The second-order valence-electron chi connectivity index (χ2n) is 5.52. The van der Waals surface area contributed by atoms with Gasteiger partial charge in [0, 0.05) is 47.5 Å². The Morgan fingerprint density at radius 1 is 1.43 bits per heavy atom. The first kappa shape index (κ1) is 15.6. The number of rotatable bonds is 5. The van der Waals surface area contributed by atoms with Crippen LogP contribution in [0, 0.1) is 5.82 Å². The summed E-state index contributed by atoms with van der Waals surface area (Å²) >= 11 is 1.12. The molecule has 3 aromatic rings. The molecule has 1 N–H and O–H groups in total. The quantitative estimate of drug-likeness (QED) is 0.779. The molecule has 0 aliphatic heterocycles. The van der Waals surface area contributed by atoms with Gasteiger partial charge in [0.1, 0.15) is 10.7 Å². The Kier molecular flexibility index (Phi) is 4.14. The van der Waals surface area contributed by atoms with Crippen LogP contribution < -0.4 is 0 Å². The normalized spacial score (nSPS) is 11.5. The molecule has 0 radical (unpaired) electrons. The lowest BCUT2D eigenvalue weighted by molar-refractivity contribution is 0.0700. The van der Waals surface area contributed by atoms with Gasteiger partial charge in [-0.3, -0.25) is 9.58 Å². The number of carbonyl (C=O) groups is 1. The predicted octanol–water partition coefficient (Wildman–Crippen LogP) is 3.10. The Bertz CT molecular complexity index is 871. The van der Waals surface area contributed by atoms with E-state index in [2.05, 4.69) is 5.10 Å². The Hall–Kier alpha value is -2.25. The molecule has 2 heterocycles. The van der Waals surface area contributed by atoms with Gasteiger partial charge in [-0.2, -0.15) is 5.10 Å². The second-order valence-corrected chi connectivity index (χ2v) is 6.57.